The fraction of sp³-hybridized carbons (Fsp3) is 0.833. The van der Waals surface area contributed by atoms with Crippen LogP contribution in [0.4, 0.5) is 6.01 Å². The molecule has 0 bridgehead atoms. The minimum atomic E-state index is 0.0188. The molecule has 2 rings (SSSR count). The van der Waals surface area contributed by atoms with Gasteiger partial charge in [0.1, 0.15) is 0 Å². The predicted molar refractivity (Wildman–Crippen MR) is 64.9 cm³/mol. The molecule has 96 valence electrons. The quantitative estimate of drug-likeness (QED) is 0.874. The van der Waals surface area contributed by atoms with Gasteiger partial charge < -0.3 is 14.6 Å². The Balaban J connectivity index is 1.98. The molecule has 0 aromatic carbocycles. The number of aryl methyl sites for hydroxylation is 1. The lowest BCUT2D eigenvalue weighted by Crippen LogP contribution is -2.43. The average Bonchev–Trinajstić information content (AvgIpc) is 2.75. The fourth-order valence-electron chi connectivity index (χ4n) is 2.42. The number of hydrogen-bond acceptors (Lipinski definition) is 5. The molecule has 5 nitrogen and oxygen atoms in total. The first-order chi connectivity index (χ1) is 8.17. The number of aromatic nitrogens is 2. The highest BCUT2D eigenvalue weighted by Gasteiger charge is 2.34. The van der Waals surface area contributed by atoms with Crippen molar-refractivity contribution in [1.29, 1.82) is 0 Å². The minimum absolute atomic E-state index is 0.0188. The Morgan fingerprint density at radius 3 is 2.76 bits per heavy atom. The third-order valence-corrected chi connectivity index (χ3v) is 3.64. The van der Waals surface area contributed by atoms with E-state index < -0.39 is 0 Å². The summed E-state index contributed by atoms with van der Waals surface area (Å²) in [7, 11) is 0. The van der Waals surface area contributed by atoms with Gasteiger partial charge in [-0.3, -0.25) is 0 Å². The minimum Gasteiger partial charge on any atom is -0.375 e. The van der Waals surface area contributed by atoms with Gasteiger partial charge in [-0.15, -0.1) is 0 Å². The van der Waals surface area contributed by atoms with Crippen molar-refractivity contribution in [3.8, 4) is 0 Å². The van der Waals surface area contributed by atoms with Crippen LogP contribution in [-0.2, 0) is 4.74 Å². The molecule has 0 amide bonds. The average molecular weight is 239 g/mol. The van der Waals surface area contributed by atoms with Crippen molar-refractivity contribution >= 4 is 6.01 Å². The Hall–Kier alpha value is -1.10. The highest BCUT2D eigenvalue weighted by molar-refractivity contribution is 5.21. The Morgan fingerprint density at radius 1 is 1.41 bits per heavy atom. The van der Waals surface area contributed by atoms with E-state index in [9.17, 15) is 0 Å². The summed E-state index contributed by atoms with van der Waals surface area (Å²) in [5, 5.41) is 7.08. The van der Waals surface area contributed by atoms with Crippen molar-refractivity contribution in [2.24, 2.45) is 0 Å². The van der Waals surface area contributed by atoms with Gasteiger partial charge in [0.05, 0.1) is 5.60 Å². The lowest BCUT2D eigenvalue weighted by molar-refractivity contribution is -0.0866. The van der Waals surface area contributed by atoms with Gasteiger partial charge in [-0.25, -0.2) is 0 Å². The van der Waals surface area contributed by atoms with Gasteiger partial charge in [-0.2, -0.15) is 4.98 Å². The second-order valence-electron chi connectivity index (χ2n) is 4.72. The Morgan fingerprint density at radius 2 is 2.18 bits per heavy atom. The van der Waals surface area contributed by atoms with Gasteiger partial charge in [0.15, 0.2) is 5.82 Å². The molecule has 1 unspecified atom stereocenters. The molecule has 0 saturated carbocycles. The van der Waals surface area contributed by atoms with E-state index >= 15 is 0 Å². The van der Waals surface area contributed by atoms with E-state index in [-0.39, 0.29) is 5.60 Å². The Bertz CT molecular complexity index is 360. The van der Waals surface area contributed by atoms with Crippen LogP contribution in [0.3, 0.4) is 0 Å². The summed E-state index contributed by atoms with van der Waals surface area (Å²) in [5.74, 6) is 0.664. The van der Waals surface area contributed by atoms with Crippen molar-refractivity contribution in [3.05, 3.63) is 5.82 Å². The summed E-state index contributed by atoms with van der Waals surface area (Å²) in [6, 6.07) is 0.888. The molecule has 17 heavy (non-hydrogen) atoms. The van der Waals surface area contributed by atoms with Crippen LogP contribution >= 0.6 is 0 Å². The molecule has 2 heterocycles. The van der Waals surface area contributed by atoms with Crippen LogP contribution in [0.1, 0.15) is 45.4 Å². The van der Waals surface area contributed by atoms with Crippen LogP contribution < -0.4 is 5.32 Å². The van der Waals surface area contributed by atoms with E-state index in [2.05, 4.69) is 29.3 Å². The molecule has 1 fully saturated rings. The summed E-state index contributed by atoms with van der Waals surface area (Å²) < 4.78 is 11.0. The van der Waals surface area contributed by atoms with Crippen LogP contribution in [0.15, 0.2) is 4.52 Å². The number of nitrogens with one attached hydrogen (secondary N) is 1. The molecule has 1 saturated heterocycles. The molecule has 1 aromatic heterocycles. The van der Waals surface area contributed by atoms with Crippen molar-refractivity contribution in [2.45, 2.75) is 58.1 Å². The number of hydrogen-bond donors (Lipinski definition) is 1. The molecule has 5 heteroatoms. The molecule has 0 radical (unpaired) electrons. The van der Waals surface area contributed by atoms with E-state index in [0.717, 1.165) is 32.3 Å². The maximum Gasteiger partial charge on any atom is 0.321 e. The van der Waals surface area contributed by atoms with Crippen molar-refractivity contribution in [2.75, 3.05) is 11.9 Å². The highest BCUT2D eigenvalue weighted by Crippen LogP contribution is 2.32. The lowest BCUT2D eigenvalue weighted by Gasteiger charge is -2.39. The van der Waals surface area contributed by atoms with Crippen molar-refractivity contribution < 1.29 is 9.26 Å². The molecule has 0 spiro atoms. The fourth-order valence-corrected chi connectivity index (χ4v) is 2.42. The first kappa shape index (κ1) is 12.4. The van der Waals surface area contributed by atoms with Gasteiger partial charge in [0.2, 0.25) is 0 Å². The maximum absolute atomic E-state index is 5.93. The molecular weight excluding hydrogens is 218 g/mol. The Kier molecular flexibility index (Phi) is 3.66. The van der Waals surface area contributed by atoms with Crippen LogP contribution in [0.25, 0.3) is 0 Å². The second-order valence-corrected chi connectivity index (χ2v) is 4.72. The van der Waals surface area contributed by atoms with Crippen molar-refractivity contribution in [1.82, 2.24) is 10.1 Å². The molecule has 1 N–H and O–H groups in total. The van der Waals surface area contributed by atoms with E-state index in [0.29, 0.717) is 17.9 Å². The summed E-state index contributed by atoms with van der Waals surface area (Å²) >= 11 is 0. The monoisotopic (exact) mass is 239 g/mol. The van der Waals surface area contributed by atoms with E-state index in [1.807, 2.05) is 6.92 Å². The zero-order valence-corrected chi connectivity index (χ0v) is 10.8. The van der Waals surface area contributed by atoms with Gasteiger partial charge in [0, 0.05) is 12.6 Å². The van der Waals surface area contributed by atoms with Crippen LogP contribution in [0, 0.1) is 6.92 Å². The molecule has 1 aliphatic rings. The maximum atomic E-state index is 5.93. The zero-order valence-electron chi connectivity index (χ0n) is 10.8. The number of ether oxygens (including phenoxy) is 1. The van der Waals surface area contributed by atoms with Crippen molar-refractivity contribution in [3.63, 3.8) is 0 Å². The van der Waals surface area contributed by atoms with Gasteiger partial charge >= 0.3 is 6.01 Å². The second kappa shape index (κ2) is 5.04. The first-order valence-corrected chi connectivity index (χ1v) is 6.38. The zero-order chi connectivity index (χ0) is 12.3. The summed E-state index contributed by atoms with van der Waals surface area (Å²) in [6.07, 6.45) is 4.08. The van der Waals surface area contributed by atoms with Crippen LogP contribution in [0.5, 0.6) is 0 Å². The lowest BCUT2D eigenvalue weighted by atomic mass is 9.86. The standard InChI is InChI=1S/C12H21N3O2/c1-4-12(5-2)8-10(6-7-16-12)14-11-13-9(3)15-17-11/h10H,4-8H2,1-3H3,(H,13,14,15). The molecular formula is C12H21N3O2. The number of nitrogens with zero attached hydrogens (tertiary/aromatic N) is 2. The topological polar surface area (TPSA) is 60.2 Å². The van der Waals surface area contributed by atoms with E-state index in [4.69, 9.17) is 9.26 Å². The normalized spacial score (nSPS) is 23.6. The molecule has 1 aliphatic heterocycles. The SMILES string of the molecule is CCC1(CC)CC(Nc2nc(C)no2)CCO1. The highest BCUT2D eigenvalue weighted by atomic mass is 16.5. The van der Waals surface area contributed by atoms with Gasteiger partial charge in [0.25, 0.3) is 0 Å². The van der Waals surface area contributed by atoms with Crippen LogP contribution in [-0.4, -0.2) is 28.4 Å². The molecule has 1 aromatic rings. The number of rotatable bonds is 4. The van der Waals surface area contributed by atoms with Crippen LogP contribution in [0.2, 0.25) is 0 Å². The third kappa shape index (κ3) is 2.77. The summed E-state index contributed by atoms with van der Waals surface area (Å²) in [4.78, 5) is 4.17. The summed E-state index contributed by atoms with van der Waals surface area (Å²) in [5.41, 5.74) is 0.0188. The van der Waals surface area contributed by atoms with Gasteiger partial charge in [-0.05, 0) is 32.6 Å². The van der Waals surface area contributed by atoms with Gasteiger partial charge in [-0.1, -0.05) is 19.0 Å². The first-order valence-electron chi connectivity index (χ1n) is 6.38. The smallest absolute Gasteiger partial charge is 0.321 e. The molecule has 1 atom stereocenters. The van der Waals surface area contributed by atoms with E-state index in [1.54, 1.807) is 0 Å². The largest absolute Gasteiger partial charge is 0.375 e. The third-order valence-electron chi connectivity index (χ3n) is 3.64. The predicted octanol–water partition coefficient (Wildman–Crippen LogP) is 2.53. The molecule has 0 aliphatic carbocycles. The summed E-state index contributed by atoms with van der Waals surface area (Å²) in [6.45, 7) is 6.99. The Labute approximate surface area is 102 Å². The van der Waals surface area contributed by atoms with E-state index in [1.165, 1.54) is 0 Å². The number of anilines is 1.